The lowest BCUT2D eigenvalue weighted by atomic mass is 9.99. The fourth-order valence-corrected chi connectivity index (χ4v) is 2.99. The first-order valence-corrected chi connectivity index (χ1v) is 10.4. The van der Waals surface area contributed by atoms with E-state index in [1.807, 2.05) is 13.8 Å². The number of aryl methyl sites for hydroxylation is 2. The minimum Gasteiger partial charge on any atom is -0.400 e. The van der Waals surface area contributed by atoms with Crippen molar-refractivity contribution in [2.45, 2.75) is 105 Å². The Kier molecular flexibility index (Phi) is 21.5. The molecule has 0 unspecified atom stereocenters. The summed E-state index contributed by atoms with van der Waals surface area (Å²) in [5.74, 6) is 0. The number of fused-ring (bicyclic) bond motifs is 1. The van der Waals surface area contributed by atoms with Crippen molar-refractivity contribution >= 4 is 0 Å². The van der Waals surface area contributed by atoms with Crippen molar-refractivity contribution in [2.75, 3.05) is 7.11 Å². The summed E-state index contributed by atoms with van der Waals surface area (Å²) in [4.78, 5) is 0. The Morgan fingerprint density at radius 2 is 1.33 bits per heavy atom. The van der Waals surface area contributed by atoms with E-state index in [1.54, 1.807) is 11.3 Å². The molecular formula is C22H45NO. The molecule has 1 aromatic rings. The van der Waals surface area contributed by atoms with Crippen molar-refractivity contribution in [3.05, 3.63) is 23.5 Å². The van der Waals surface area contributed by atoms with Crippen LogP contribution < -0.4 is 0 Å². The summed E-state index contributed by atoms with van der Waals surface area (Å²) in [5, 5.41) is 7.00. The fourth-order valence-electron chi connectivity index (χ4n) is 2.99. The van der Waals surface area contributed by atoms with Crippen LogP contribution in [0.1, 0.15) is 103 Å². The molecule has 2 rings (SSSR count). The van der Waals surface area contributed by atoms with E-state index < -0.39 is 0 Å². The van der Waals surface area contributed by atoms with E-state index in [0.717, 1.165) is 7.11 Å². The van der Waals surface area contributed by atoms with Gasteiger partial charge in [-0.25, -0.2) is 0 Å². The van der Waals surface area contributed by atoms with Crippen LogP contribution in [0.25, 0.3) is 0 Å². The van der Waals surface area contributed by atoms with Gasteiger partial charge in [0.15, 0.2) is 0 Å². The zero-order chi connectivity index (χ0) is 18.6. The zero-order valence-corrected chi connectivity index (χ0v) is 17.5. The Balaban J connectivity index is 0. The second kappa shape index (κ2) is 20.3. The van der Waals surface area contributed by atoms with Gasteiger partial charge in [0.25, 0.3) is 0 Å². The average molecular weight is 340 g/mol. The number of nitrogens with zero attached hydrogens (tertiary/aromatic N) is 1. The third-order valence-electron chi connectivity index (χ3n) is 4.36. The van der Waals surface area contributed by atoms with Crippen LogP contribution in [0.5, 0.6) is 0 Å². The van der Waals surface area contributed by atoms with Gasteiger partial charge in [0.05, 0.1) is 0 Å². The van der Waals surface area contributed by atoms with Gasteiger partial charge in [0.2, 0.25) is 0 Å². The van der Waals surface area contributed by atoms with E-state index in [0.29, 0.717) is 0 Å². The number of rotatable bonds is 5. The fraction of sp³-hybridized carbons (Fsp3) is 0.818. The highest BCUT2D eigenvalue weighted by atomic mass is 16.2. The molecule has 0 amide bonds. The summed E-state index contributed by atoms with van der Waals surface area (Å²) in [6, 6.07) is 2.29. The highest BCUT2D eigenvalue weighted by Gasteiger charge is 2.08. The second-order valence-corrected chi connectivity index (χ2v) is 6.23. The molecule has 2 nitrogen and oxygen atoms in total. The Morgan fingerprint density at radius 1 is 0.833 bits per heavy atom. The highest BCUT2D eigenvalue weighted by Crippen LogP contribution is 2.20. The molecule has 0 spiro atoms. The normalized spacial score (nSPS) is 12.8. The number of aliphatic hydroxyl groups is 1. The molecule has 0 aromatic carbocycles. The predicted octanol–water partition coefficient (Wildman–Crippen LogP) is 6.69. The smallest absolute Gasteiger partial charge is 0.0319 e. The van der Waals surface area contributed by atoms with E-state index in [-0.39, 0.29) is 0 Å². The summed E-state index contributed by atoms with van der Waals surface area (Å²) in [6.45, 7) is 8.51. The van der Waals surface area contributed by atoms with Crippen LogP contribution in [0.15, 0.2) is 12.3 Å². The van der Waals surface area contributed by atoms with Gasteiger partial charge in [0.1, 0.15) is 0 Å². The summed E-state index contributed by atoms with van der Waals surface area (Å²) in [5.41, 5.74) is 3.17. The molecule has 1 aliphatic rings. The van der Waals surface area contributed by atoms with Crippen molar-refractivity contribution in [3.63, 3.8) is 0 Å². The third-order valence-corrected chi connectivity index (χ3v) is 4.36. The minimum absolute atomic E-state index is 1.00. The maximum Gasteiger partial charge on any atom is 0.0319 e. The lowest BCUT2D eigenvalue weighted by Gasteiger charge is -2.11. The Bertz CT molecular complexity index is 338. The molecule has 0 saturated carbocycles. The van der Waals surface area contributed by atoms with Crippen molar-refractivity contribution in [2.24, 2.45) is 7.05 Å². The first kappa shape index (κ1) is 25.5. The van der Waals surface area contributed by atoms with Crippen LogP contribution in [0.4, 0.5) is 0 Å². The molecule has 0 bridgehead atoms. The van der Waals surface area contributed by atoms with Gasteiger partial charge < -0.3 is 9.67 Å². The maximum absolute atomic E-state index is 7.00. The van der Waals surface area contributed by atoms with Gasteiger partial charge in [-0.05, 0) is 37.3 Å². The monoisotopic (exact) mass is 339 g/mol. The Labute approximate surface area is 152 Å². The van der Waals surface area contributed by atoms with Crippen LogP contribution in [0, 0.1) is 0 Å². The van der Waals surface area contributed by atoms with Gasteiger partial charge in [-0.2, -0.15) is 0 Å². The van der Waals surface area contributed by atoms with E-state index >= 15 is 0 Å². The number of unbranched alkanes of at least 4 members (excludes halogenated alkanes) is 5. The summed E-state index contributed by atoms with van der Waals surface area (Å²) < 4.78 is 2.29. The van der Waals surface area contributed by atoms with Crippen LogP contribution in [0.3, 0.4) is 0 Å². The molecule has 144 valence electrons. The van der Waals surface area contributed by atoms with Crippen LogP contribution in [0.2, 0.25) is 0 Å². The number of aliphatic hydroxyl groups excluding tert-OH is 1. The predicted molar refractivity (Wildman–Crippen MR) is 110 cm³/mol. The first-order valence-electron chi connectivity index (χ1n) is 10.4. The molecular weight excluding hydrogens is 294 g/mol. The lowest BCUT2D eigenvalue weighted by Crippen LogP contribution is -2.02. The van der Waals surface area contributed by atoms with E-state index in [1.165, 1.54) is 77.0 Å². The maximum atomic E-state index is 7.00. The molecule has 1 heterocycles. The summed E-state index contributed by atoms with van der Waals surface area (Å²) in [7, 11) is 3.17. The van der Waals surface area contributed by atoms with Gasteiger partial charge in [-0.3, -0.25) is 0 Å². The van der Waals surface area contributed by atoms with Crippen LogP contribution in [-0.4, -0.2) is 16.8 Å². The zero-order valence-electron chi connectivity index (χ0n) is 17.5. The van der Waals surface area contributed by atoms with Gasteiger partial charge >= 0.3 is 0 Å². The van der Waals surface area contributed by atoms with Crippen LogP contribution >= 0.6 is 0 Å². The largest absolute Gasteiger partial charge is 0.400 e. The van der Waals surface area contributed by atoms with Crippen molar-refractivity contribution < 1.29 is 5.11 Å². The molecule has 0 aliphatic heterocycles. The lowest BCUT2D eigenvalue weighted by molar-refractivity contribution is 0.399. The van der Waals surface area contributed by atoms with Crippen LogP contribution in [-0.2, 0) is 19.9 Å². The molecule has 0 radical (unpaired) electrons. The number of aromatic nitrogens is 1. The molecule has 1 aliphatic carbocycles. The number of hydrogen-bond acceptors (Lipinski definition) is 1. The van der Waals surface area contributed by atoms with Crippen molar-refractivity contribution in [1.82, 2.24) is 4.57 Å². The third kappa shape index (κ3) is 12.6. The van der Waals surface area contributed by atoms with E-state index in [2.05, 4.69) is 37.7 Å². The molecule has 1 aromatic heterocycles. The standard InChI is InChI=1S/C11H17N.C8H18.C2H6.CH4O/c1-12-9-8-10-6-4-2-3-5-7-11(10)12;1-3-5-7-8-6-4-2;2*1-2/h8-9H,2-7H2,1H3;3-8H2,1-2H3;1-2H3;2H,1H3. The van der Waals surface area contributed by atoms with Gasteiger partial charge in [0, 0.05) is 26.0 Å². The first-order chi connectivity index (χ1) is 11.8. The molecule has 1 N–H and O–H groups in total. The Morgan fingerprint density at radius 3 is 1.83 bits per heavy atom. The van der Waals surface area contributed by atoms with E-state index in [9.17, 15) is 0 Å². The number of hydrogen-bond donors (Lipinski definition) is 1. The molecule has 0 fully saturated rings. The summed E-state index contributed by atoms with van der Waals surface area (Å²) in [6.07, 6.45) is 18.9. The SMILES string of the molecule is CC.CCCCCCCC.CO.Cn1ccc2c1CCCCCC2. The summed E-state index contributed by atoms with van der Waals surface area (Å²) >= 11 is 0. The highest BCUT2D eigenvalue weighted by molar-refractivity contribution is 5.23. The molecule has 0 atom stereocenters. The van der Waals surface area contributed by atoms with E-state index in [4.69, 9.17) is 5.11 Å². The van der Waals surface area contributed by atoms with Gasteiger partial charge in [-0.15, -0.1) is 0 Å². The Hall–Kier alpha value is -0.760. The molecule has 0 saturated heterocycles. The molecule has 24 heavy (non-hydrogen) atoms. The molecule has 2 heteroatoms. The second-order valence-electron chi connectivity index (χ2n) is 6.23. The van der Waals surface area contributed by atoms with Crippen molar-refractivity contribution in [3.8, 4) is 0 Å². The minimum atomic E-state index is 1.00. The van der Waals surface area contributed by atoms with Gasteiger partial charge in [-0.1, -0.05) is 79.1 Å². The topological polar surface area (TPSA) is 25.2 Å². The quantitative estimate of drug-likeness (QED) is 0.594. The average Bonchev–Trinajstić information content (AvgIpc) is 2.95. The van der Waals surface area contributed by atoms with Crippen molar-refractivity contribution in [1.29, 1.82) is 0 Å².